The molecule has 0 radical (unpaired) electrons. The molecule has 188 valence electrons. The standard InChI is InChI=1S/C29H22FN5O2S/c30-22-11-9-20(10-12-22)21-6-4-5-19(15-21)18-38-28-34-33-27(35(28)24-7-2-1-3-8-24)17-31-23-13-14-25-26(16-23)37-29(36)32-25/h1-16,31H,17-18H2,(H,32,36). The molecule has 0 saturated carbocycles. The number of aromatic nitrogens is 4. The maximum Gasteiger partial charge on any atom is 0.417 e. The summed E-state index contributed by atoms with van der Waals surface area (Å²) in [5, 5.41) is 13.1. The van der Waals surface area contributed by atoms with E-state index in [1.165, 1.54) is 12.1 Å². The molecule has 0 spiro atoms. The lowest BCUT2D eigenvalue weighted by Crippen LogP contribution is -2.08. The Morgan fingerprint density at radius 2 is 1.74 bits per heavy atom. The number of benzene rings is 4. The van der Waals surface area contributed by atoms with Gasteiger partial charge in [-0.05, 0) is 53.1 Å². The molecule has 4 aromatic carbocycles. The largest absolute Gasteiger partial charge is 0.417 e. The third-order valence-electron chi connectivity index (χ3n) is 6.06. The van der Waals surface area contributed by atoms with Crippen molar-refractivity contribution in [3.8, 4) is 16.8 Å². The smallest absolute Gasteiger partial charge is 0.408 e. The lowest BCUT2D eigenvalue weighted by molar-refractivity contribution is 0.555. The van der Waals surface area contributed by atoms with Gasteiger partial charge in [0.05, 0.1) is 12.1 Å². The zero-order valence-corrected chi connectivity index (χ0v) is 20.9. The van der Waals surface area contributed by atoms with Crippen molar-refractivity contribution in [2.75, 3.05) is 5.32 Å². The molecule has 0 aliphatic carbocycles. The number of hydrogen-bond acceptors (Lipinski definition) is 6. The number of rotatable bonds is 8. The minimum absolute atomic E-state index is 0.248. The van der Waals surface area contributed by atoms with Crippen molar-refractivity contribution in [3.63, 3.8) is 0 Å². The number of fused-ring (bicyclic) bond motifs is 1. The van der Waals surface area contributed by atoms with Crippen LogP contribution >= 0.6 is 11.8 Å². The zero-order valence-electron chi connectivity index (χ0n) is 20.1. The molecule has 0 aliphatic rings. The average Bonchev–Trinajstić information content (AvgIpc) is 3.53. The van der Waals surface area contributed by atoms with Crippen LogP contribution in [0.1, 0.15) is 11.4 Å². The highest BCUT2D eigenvalue weighted by atomic mass is 32.2. The van der Waals surface area contributed by atoms with E-state index < -0.39 is 5.76 Å². The van der Waals surface area contributed by atoms with Crippen molar-refractivity contribution in [1.29, 1.82) is 0 Å². The van der Waals surface area contributed by atoms with E-state index in [1.807, 2.05) is 53.1 Å². The summed E-state index contributed by atoms with van der Waals surface area (Å²) < 4.78 is 20.6. The van der Waals surface area contributed by atoms with E-state index in [4.69, 9.17) is 4.42 Å². The van der Waals surface area contributed by atoms with Crippen molar-refractivity contribution >= 4 is 28.5 Å². The minimum Gasteiger partial charge on any atom is -0.408 e. The van der Waals surface area contributed by atoms with Gasteiger partial charge in [-0.1, -0.05) is 66.4 Å². The number of thioether (sulfide) groups is 1. The normalized spacial score (nSPS) is 11.2. The van der Waals surface area contributed by atoms with Crippen molar-refractivity contribution in [3.05, 3.63) is 125 Å². The summed E-state index contributed by atoms with van der Waals surface area (Å²) in [5.41, 5.74) is 6.03. The van der Waals surface area contributed by atoms with Gasteiger partial charge in [-0.2, -0.15) is 0 Å². The Morgan fingerprint density at radius 1 is 0.895 bits per heavy atom. The molecule has 0 atom stereocenters. The average molecular weight is 524 g/mol. The predicted molar refractivity (Wildman–Crippen MR) is 147 cm³/mol. The molecule has 38 heavy (non-hydrogen) atoms. The van der Waals surface area contributed by atoms with E-state index in [2.05, 4.69) is 32.6 Å². The number of nitrogens with one attached hydrogen (secondary N) is 2. The first-order valence-electron chi connectivity index (χ1n) is 12.0. The van der Waals surface area contributed by atoms with Gasteiger partial charge >= 0.3 is 5.76 Å². The van der Waals surface area contributed by atoms with Gasteiger partial charge < -0.3 is 9.73 Å². The van der Waals surface area contributed by atoms with E-state index >= 15 is 0 Å². The lowest BCUT2D eigenvalue weighted by Gasteiger charge is -2.12. The van der Waals surface area contributed by atoms with E-state index in [0.29, 0.717) is 23.4 Å². The third kappa shape index (κ3) is 5.09. The highest BCUT2D eigenvalue weighted by molar-refractivity contribution is 7.98. The van der Waals surface area contributed by atoms with Crippen LogP contribution in [0.25, 0.3) is 27.9 Å². The molecule has 2 heterocycles. The molecule has 0 amide bonds. The number of para-hydroxylation sites is 1. The molecule has 6 aromatic rings. The Morgan fingerprint density at radius 3 is 2.58 bits per heavy atom. The van der Waals surface area contributed by atoms with Crippen LogP contribution in [0.4, 0.5) is 10.1 Å². The highest BCUT2D eigenvalue weighted by Crippen LogP contribution is 2.28. The highest BCUT2D eigenvalue weighted by Gasteiger charge is 2.15. The fourth-order valence-corrected chi connectivity index (χ4v) is 5.13. The molecule has 7 nitrogen and oxygen atoms in total. The van der Waals surface area contributed by atoms with Crippen LogP contribution in [0.2, 0.25) is 0 Å². The fourth-order valence-electron chi connectivity index (χ4n) is 4.21. The molecule has 9 heteroatoms. The second-order valence-corrected chi connectivity index (χ2v) is 9.59. The predicted octanol–water partition coefficient (Wildman–Crippen LogP) is 6.41. The summed E-state index contributed by atoms with van der Waals surface area (Å²) in [5.74, 6) is 0.708. The molecule has 0 unspecified atom stereocenters. The van der Waals surface area contributed by atoms with E-state index in [1.54, 1.807) is 36.0 Å². The monoisotopic (exact) mass is 523 g/mol. The quantitative estimate of drug-likeness (QED) is 0.224. The molecule has 0 fully saturated rings. The minimum atomic E-state index is -0.481. The Bertz CT molecular complexity index is 1760. The summed E-state index contributed by atoms with van der Waals surface area (Å²) in [6.45, 7) is 0.419. The molecule has 0 aliphatic heterocycles. The molecule has 2 N–H and O–H groups in total. The van der Waals surface area contributed by atoms with Crippen LogP contribution in [0, 0.1) is 5.82 Å². The van der Waals surface area contributed by atoms with Crippen LogP contribution in [0.5, 0.6) is 0 Å². The topological polar surface area (TPSA) is 88.7 Å². The van der Waals surface area contributed by atoms with Crippen LogP contribution in [0.15, 0.2) is 111 Å². The van der Waals surface area contributed by atoms with Crippen LogP contribution < -0.4 is 11.1 Å². The van der Waals surface area contributed by atoms with Gasteiger partial charge in [0.25, 0.3) is 0 Å². The molecule has 6 rings (SSSR count). The van der Waals surface area contributed by atoms with Gasteiger partial charge in [-0.3, -0.25) is 9.55 Å². The number of nitrogens with zero attached hydrogens (tertiary/aromatic N) is 3. The summed E-state index contributed by atoms with van der Waals surface area (Å²) >= 11 is 1.60. The Labute approximate surface area is 221 Å². The van der Waals surface area contributed by atoms with Gasteiger partial charge in [0.15, 0.2) is 16.6 Å². The van der Waals surface area contributed by atoms with E-state index in [0.717, 1.165) is 39.0 Å². The zero-order chi connectivity index (χ0) is 25.9. The SMILES string of the molecule is O=c1[nH]c2ccc(NCc3nnc(SCc4cccc(-c5ccc(F)cc5)c4)n3-c3ccccc3)cc2o1. The number of hydrogen-bond donors (Lipinski definition) is 2. The fraction of sp³-hybridized carbons (Fsp3) is 0.0690. The Kier molecular flexibility index (Phi) is 6.49. The molecular weight excluding hydrogens is 501 g/mol. The maximum atomic E-state index is 13.3. The van der Waals surface area contributed by atoms with Crippen molar-refractivity contribution in [1.82, 2.24) is 19.7 Å². The Balaban J connectivity index is 1.23. The van der Waals surface area contributed by atoms with Crippen LogP contribution in [0.3, 0.4) is 0 Å². The number of anilines is 1. The first-order chi connectivity index (χ1) is 18.6. The summed E-state index contributed by atoms with van der Waals surface area (Å²) in [6.07, 6.45) is 0. The number of H-pyrrole nitrogens is 1. The maximum absolute atomic E-state index is 13.3. The first kappa shape index (κ1) is 23.7. The second kappa shape index (κ2) is 10.4. The van der Waals surface area contributed by atoms with Gasteiger partial charge in [0.2, 0.25) is 0 Å². The van der Waals surface area contributed by atoms with Gasteiger partial charge in [-0.15, -0.1) is 10.2 Å². The lowest BCUT2D eigenvalue weighted by atomic mass is 10.0. The summed E-state index contributed by atoms with van der Waals surface area (Å²) in [7, 11) is 0. The van der Waals surface area contributed by atoms with Crippen molar-refractivity contribution < 1.29 is 8.81 Å². The van der Waals surface area contributed by atoms with E-state index in [9.17, 15) is 9.18 Å². The van der Waals surface area contributed by atoms with Gasteiger partial charge in [0.1, 0.15) is 5.82 Å². The summed E-state index contributed by atoms with van der Waals surface area (Å²) in [6, 6.07) is 30.2. The number of aromatic amines is 1. The van der Waals surface area contributed by atoms with Crippen LogP contribution in [-0.2, 0) is 12.3 Å². The number of oxazole rings is 1. The van der Waals surface area contributed by atoms with E-state index in [-0.39, 0.29) is 5.82 Å². The summed E-state index contributed by atoms with van der Waals surface area (Å²) in [4.78, 5) is 14.1. The molecule has 2 aromatic heterocycles. The van der Waals surface area contributed by atoms with Crippen LogP contribution in [-0.4, -0.2) is 19.7 Å². The van der Waals surface area contributed by atoms with Crippen molar-refractivity contribution in [2.24, 2.45) is 0 Å². The number of halogens is 1. The Hall–Kier alpha value is -4.63. The third-order valence-corrected chi connectivity index (χ3v) is 7.06. The first-order valence-corrected chi connectivity index (χ1v) is 12.9. The molecule has 0 saturated heterocycles. The molecular formula is C29H22FN5O2S. The molecule has 0 bridgehead atoms. The second-order valence-electron chi connectivity index (χ2n) is 8.64. The van der Waals surface area contributed by atoms with Gasteiger partial charge in [-0.25, -0.2) is 9.18 Å². The van der Waals surface area contributed by atoms with Crippen molar-refractivity contribution in [2.45, 2.75) is 17.5 Å². The van der Waals surface area contributed by atoms with Gasteiger partial charge in [0, 0.05) is 23.2 Å².